The number of hydrogen-bond acceptors (Lipinski definition) is 7. The summed E-state index contributed by atoms with van der Waals surface area (Å²) in [5.41, 5.74) is 3.76. The van der Waals surface area contributed by atoms with Gasteiger partial charge in [-0.05, 0) is 48.9 Å². The Hall–Kier alpha value is -4.27. The number of nitrogens with zero attached hydrogens (tertiary/aromatic N) is 4. The third-order valence-electron chi connectivity index (χ3n) is 5.43. The molecular weight excluding hydrogens is 440 g/mol. The molecule has 0 spiro atoms. The van der Waals surface area contributed by atoms with E-state index in [0.29, 0.717) is 42.1 Å². The first-order valence-electron chi connectivity index (χ1n) is 10.6. The SMILES string of the molecule is COc1cc(Nc2ncc3c(n2)N(c2ccc(F)cc2F)CCO3)ccc1-c1ccnc(C)c1. The number of ether oxygens (including phenoxy) is 2. The number of methoxy groups -OCH3 is 1. The third kappa shape index (κ3) is 4.19. The zero-order valence-corrected chi connectivity index (χ0v) is 18.5. The van der Waals surface area contributed by atoms with Crippen molar-refractivity contribution < 1.29 is 18.3 Å². The molecule has 34 heavy (non-hydrogen) atoms. The lowest BCUT2D eigenvalue weighted by Crippen LogP contribution is -2.30. The Balaban J connectivity index is 1.46. The maximum atomic E-state index is 14.5. The Kier molecular flexibility index (Phi) is 5.67. The molecule has 7 nitrogen and oxygen atoms in total. The van der Waals surface area contributed by atoms with Crippen molar-refractivity contribution in [1.82, 2.24) is 15.0 Å². The van der Waals surface area contributed by atoms with Crippen molar-refractivity contribution in [3.8, 4) is 22.6 Å². The van der Waals surface area contributed by atoms with Crippen LogP contribution in [0.1, 0.15) is 5.69 Å². The van der Waals surface area contributed by atoms with Crippen LogP contribution in [0.3, 0.4) is 0 Å². The highest BCUT2D eigenvalue weighted by molar-refractivity contribution is 5.75. The van der Waals surface area contributed by atoms with Gasteiger partial charge in [0.2, 0.25) is 5.95 Å². The molecule has 2 aromatic carbocycles. The number of halogens is 2. The van der Waals surface area contributed by atoms with Crippen LogP contribution in [0.5, 0.6) is 11.5 Å². The largest absolute Gasteiger partial charge is 0.496 e. The van der Waals surface area contributed by atoms with Crippen LogP contribution < -0.4 is 19.7 Å². The highest BCUT2D eigenvalue weighted by atomic mass is 19.1. The second-order valence-corrected chi connectivity index (χ2v) is 7.70. The van der Waals surface area contributed by atoms with Gasteiger partial charge in [-0.2, -0.15) is 4.98 Å². The molecule has 0 saturated heterocycles. The number of benzene rings is 2. The molecule has 1 N–H and O–H groups in total. The van der Waals surface area contributed by atoms with E-state index in [1.807, 2.05) is 37.3 Å². The molecule has 0 aliphatic carbocycles. The van der Waals surface area contributed by atoms with E-state index in [-0.39, 0.29) is 5.69 Å². The Bertz CT molecular complexity index is 1370. The Labute approximate surface area is 195 Å². The molecule has 4 aromatic rings. The number of hydrogen-bond donors (Lipinski definition) is 1. The highest BCUT2D eigenvalue weighted by Crippen LogP contribution is 2.37. The van der Waals surface area contributed by atoms with E-state index in [1.54, 1.807) is 18.2 Å². The van der Waals surface area contributed by atoms with Gasteiger partial charge in [0.05, 0.1) is 25.5 Å². The molecule has 0 atom stereocenters. The van der Waals surface area contributed by atoms with Crippen LogP contribution in [0.15, 0.2) is 60.9 Å². The first-order valence-corrected chi connectivity index (χ1v) is 10.6. The highest BCUT2D eigenvalue weighted by Gasteiger charge is 2.25. The zero-order valence-electron chi connectivity index (χ0n) is 18.5. The molecule has 1 aliphatic rings. The van der Waals surface area contributed by atoms with Gasteiger partial charge in [0.15, 0.2) is 11.6 Å². The minimum Gasteiger partial charge on any atom is -0.496 e. The Morgan fingerprint density at radius 1 is 1.06 bits per heavy atom. The second-order valence-electron chi connectivity index (χ2n) is 7.70. The quantitative estimate of drug-likeness (QED) is 0.426. The van der Waals surface area contributed by atoms with E-state index >= 15 is 0 Å². The van der Waals surface area contributed by atoms with Gasteiger partial charge in [0, 0.05) is 35.3 Å². The van der Waals surface area contributed by atoms with E-state index in [9.17, 15) is 8.78 Å². The normalized spacial score (nSPS) is 12.6. The second kappa shape index (κ2) is 8.93. The van der Waals surface area contributed by atoms with Crippen LogP contribution >= 0.6 is 0 Å². The maximum absolute atomic E-state index is 14.5. The summed E-state index contributed by atoms with van der Waals surface area (Å²) in [5, 5.41) is 3.16. The maximum Gasteiger partial charge on any atom is 0.229 e. The first-order chi connectivity index (χ1) is 16.5. The number of pyridine rings is 1. The van der Waals surface area contributed by atoms with Gasteiger partial charge >= 0.3 is 0 Å². The number of nitrogens with one attached hydrogen (secondary N) is 1. The predicted octanol–water partition coefficient (Wildman–Crippen LogP) is 5.41. The van der Waals surface area contributed by atoms with Crippen LogP contribution in [0.2, 0.25) is 0 Å². The fraction of sp³-hybridized carbons (Fsp3) is 0.160. The fourth-order valence-corrected chi connectivity index (χ4v) is 3.85. The average molecular weight is 461 g/mol. The molecule has 0 unspecified atom stereocenters. The fourth-order valence-electron chi connectivity index (χ4n) is 3.85. The average Bonchev–Trinajstić information content (AvgIpc) is 2.84. The number of anilines is 4. The van der Waals surface area contributed by atoms with Crippen molar-refractivity contribution in [1.29, 1.82) is 0 Å². The summed E-state index contributed by atoms with van der Waals surface area (Å²) in [6, 6.07) is 13.0. The smallest absolute Gasteiger partial charge is 0.229 e. The molecular formula is C25H21F2N5O2. The minimum absolute atomic E-state index is 0.217. The molecule has 5 rings (SSSR count). The topological polar surface area (TPSA) is 72.4 Å². The van der Waals surface area contributed by atoms with Crippen molar-refractivity contribution in [2.75, 3.05) is 30.5 Å². The molecule has 0 amide bonds. The standard InChI is InChI=1S/C25H21F2N5O2/c1-15-11-16(7-8-28-15)19-5-4-18(13-22(19)33-2)30-25-29-14-23-24(31-25)32(9-10-34-23)21-6-3-17(26)12-20(21)27/h3-8,11-14H,9-10H2,1-2H3,(H,29,30,31). The monoisotopic (exact) mass is 461 g/mol. The first kappa shape index (κ1) is 21.6. The van der Waals surface area contributed by atoms with E-state index in [2.05, 4.69) is 20.3 Å². The summed E-state index contributed by atoms with van der Waals surface area (Å²) in [6.45, 7) is 2.62. The van der Waals surface area contributed by atoms with Gasteiger partial charge in [-0.15, -0.1) is 0 Å². The molecule has 2 aromatic heterocycles. The lowest BCUT2D eigenvalue weighted by molar-refractivity contribution is 0.310. The van der Waals surface area contributed by atoms with E-state index in [0.717, 1.165) is 22.9 Å². The summed E-state index contributed by atoms with van der Waals surface area (Å²) >= 11 is 0. The lowest BCUT2D eigenvalue weighted by Gasteiger charge is -2.30. The zero-order chi connectivity index (χ0) is 23.7. The van der Waals surface area contributed by atoms with Crippen LogP contribution in [-0.4, -0.2) is 35.2 Å². The summed E-state index contributed by atoms with van der Waals surface area (Å²) in [5.74, 6) is 0.469. The number of rotatable bonds is 5. The van der Waals surface area contributed by atoms with Gasteiger partial charge in [-0.3, -0.25) is 4.98 Å². The lowest BCUT2D eigenvalue weighted by atomic mass is 10.0. The molecule has 9 heteroatoms. The molecule has 0 radical (unpaired) electrons. The Morgan fingerprint density at radius 3 is 2.74 bits per heavy atom. The van der Waals surface area contributed by atoms with E-state index in [4.69, 9.17) is 9.47 Å². The number of fused-ring (bicyclic) bond motifs is 1. The Morgan fingerprint density at radius 2 is 1.94 bits per heavy atom. The van der Waals surface area contributed by atoms with E-state index < -0.39 is 11.6 Å². The minimum atomic E-state index is -0.673. The van der Waals surface area contributed by atoms with Crippen molar-refractivity contribution in [3.05, 3.63) is 78.3 Å². The van der Waals surface area contributed by atoms with Gasteiger partial charge in [-0.25, -0.2) is 13.8 Å². The molecule has 3 heterocycles. The molecule has 0 fully saturated rings. The van der Waals surface area contributed by atoms with Crippen LogP contribution in [0, 0.1) is 18.6 Å². The van der Waals surface area contributed by atoms with Gasteiger partial charge in [0.25, 0.3) is 0 Å². The summed E-state index contributed by atoms with van der Waals surface area (Å²) in [6.07, 6.45) is 3.29. The van der Waals surface area contributed by atoms with Gasteiger partial charge in [0.1, 0.15) is 24.0 Å². The predicted molar refractivity (Wildman–Crippen MR) is 125 cm³/mol. The van der Waals surface area contributed by atoms with E-state index in [1.165, 1.54) is 18.3 Å². The molecule has 0 bridgehead atoms. The molecule has 1 aliphatic heterocycles. The third-order valence-corrected chi connectivity index (χ3v) is 5.43. The molecule has 0 saturated carbocycles. The summed E-state index contributed by atoms with van der Waals surface area (Å²) in [4.78, 5) is 14.8. The van der Waals surface area contributed by atoms with Crippen molar-refractivity contribution in [2.24, 2.45) is 0 Å². The summed E-state index contributed by atoms with van der Waals surface area (Å²) < 4.78 is 39.1. The molecule has 172 valence electrons. The van der Waals surface area contributed by atoms with Gasteiger partial charge < -0.3 is 19.7 Å². The van der Waals surface area contributed by atoms with Gasteiger partial charge in [-0.1, -0.05) is 0 Å². The van der Waals surface area contributed by atoms with Crippen LogP contribution in [0.25, 0.3) is 11.1 Å². The van der Waals surface area contributed by atoms with Crippen molar-refractivity contribution in [3.63, 3.8) is 0 Å². The van der Waals surface area contributed by atoms with Crippen LogP contribution in [0.4, 0.5) is 31.9 Å². The van der Waals surface area contributed by atoms with Crippen molar-refractivity contribution >= 4 is 23.1 Å². The van der Waals surface area contributed by atoms with Crippen LogP contribution in [-0.2, 0) is 0 Å². The summed E-state index contributed by atoms with van der Waals surface area (Å²) in [7, 11) is 1.61. The number of aryl methyl sites for hydroxylation is 1. The number of aromatic nitrogens is 3. The van der Waals surface area contributed by atoms with Crippen molar-refractivity contribution in [2.45, 2.75) is 6.92 Å².